The summed E-state index contributed by atoms with van der Waals surface area (Å²) >= 11 is 8.90. The highest BCUT2D eigenvalue weighted by atomic mass is 79.9. The van der Waals surface area contributed by atoms with E-state index in [1.807, 2.05) is 13.8 Å². The Labute approximate surface area is 102 Å². The number of halogens is 2. The zero-order valence-electron chi connectivity index (χ0n) is 8.64. The first kappa shape index (κ1) is 12.6. The molecule has 1 N–H and O–H groups in total. The molecule has 0 radical (unpaired) electrons. The second-order valence-corrected chi connectivity index (χ2v) is 5.08. The maximum Gasteiger partial charge on any atom is 0.255 e. The molecule has 0 spiro atoms. The molecule has 5 heteroatoms. The van der Waals surface area contributed by atoms with E-state index in [-0.39, 0.29) is 11.3 Å². The lowest BCUT2D eigenvalue weighted by Gasteiger charge is -2.21. The molecule has 3 nitrogen and oxygen atoms in total. The van der Waals surface area contributed by atoms with Gasteiger partial charge in [-0.05, 0) is 27.4 Å². The van der Waals surface area contributed by atoms with Crippen LogP contribution in [0.1, 0.15) is 24.2 Å². The van der Waals surface area contributed by atoms with E-state index in [0.717, 1.165) is 0 Å². The molecule has 1 aromatic rings. The zero-order valence-corrected chi connectivity index (χ0v) is 11.0. The van der Waals surface area contributed by atoms with Gasteiger partial charge in [0.2, 0.25) is 0 Å². The number of hydrogen-bond acceptors (Lipinski definition) is 2. The van der Waals surface area contributed by atoms with Crippen LogP contribution < -0.4 is 5.32 Å². The SMILES string of the molecule is CC(C)(CCl)CNC(=O)c1ccoc1Br. The fourth-order valence-corrected chi connectivity index (χ4v) is 1.43. The summed E-state index contributed by atoms with van der Waals surface area (Å²) in [5.74, 6) is 0.341. The predicted molar refractivity (Wildman–Crippen MR) is 63.2 cm³/mol. The Balaban J connectivity index is 2.55. The Kier molecular flexibility index (Phi) is 4.22. The first-order valence-corrected chi connectivity index (χ1v) is 5.86. The normalized spacial score (nSPS) is 11.5. The standard InChI is InChI=1S/C10H13BrClNO2/c1-10(2,5-12)6-13-9(14)7-3-4-15-8(7)11/h3-4H,5-6H2,1-2H3,(H,13,14). The van der Waals surface area contributed by atoms with Crippen molar-refractivity contribution >= 4 is 33.4 Å². The lowest BCUT2D eigenvalue weighted by Crippen LogP contribution is -2.34. The van der Waals surface area contributed by atoms with E-state index in [2.05, 4.69) is 21.2 Å². The average Bonchev–Trinajstić information content (AvgIpc) is 2.61. The van der Waals surface area contributed by atoms with E-state index < -0.39 is 0 Å². The summed E-state index contributed by atoms with van der Waals surface area (Å²) in [6.07, 6.45) is 1.46. The molecule has 1 rings (SSSR count). The van der Waals surface area contributed by atoms with Gasteiger partial charge in [0.25, 0.3) is 5.91 Å². The molecule has 0 bridgehead atoms. The molecule has 0 aliphatic rings. The first-order chi connectivity index (χ1) is 6.96. The highest BCUT2D eigenvalue weighted by Crippen LogP contribution is 2.19. The van der Waals surface area contributed by atoms with Gasteiger partial charge in [-0.15, -0.1) is 11.6 Å². The Bertz CT molecular complexity index is 349. The summed E-state index contributed by atoms with van der Waals surface area (Å²) in [6.45, 7) is 4.52. The van der Waals surface area contributed by atoms with Gasteiger partial charge in [0, 0.05) is 12.4 Å². The monoisotopic (exact) mass is 293 g/mol. The Morgan fingerprint density at radius 3 is 2.80 bits per heavy atom. The lowest BCUT2D eigenvalue weighted by atomic mass is 9.96. The van der Waals surface area contributed by atoms with Crippen LogP contribution in [0, 0.1) is 5.41 Å². The number of hydrogen-bond donors (Lipinski definition) is 1. The van der Waals surface area contributed by atoms with Crippen molar-refractivity contribution in [3.63, 3.8) is 0 Å². The van der Waals surface area contributed by atoms with Crippen molar-refractivity contribution in [1.29, 1.82) is 0 Å². The Morgan fingerprint density at radius 2 is 2.33 bits per heavy atom. The molecular formula is C10H13BrClNO2. The number of amides is 1. The molecule has 0 aromatic carbocycles. The molecule has 0 aliphatic heterocycles. The van der Waals surface area contributed by atoms with Crippen molar-refractivity contribution in [2.75, 3.05) is 12.4 Å². The van der Waals surface area contributed by atoms with Crippen LogP contribution in [0.5, 0.6) is 0 Å². The predicted octanol–water partition coefficient (Wildman–Crippen LogP) is 3.04. The van der Waals surface area contributed by atoms with Crippen LogP contribution >= 0.6 is 27.5 Å². The molecule has 1 amide bonds. The molecule has 0 saturated heterocycles. The van der Waals surface area contributed by atoms with Crippen molar-refractivity contribution in [3.05, 3.63) is 22.6 Å². The largest absolute Gasteiger partial charge is 0.457 e. The third kappa shape index (κ3) is 3.54. The van der Waals surface area contributed by atoms with Crippen LogP contribution in [-0.2, 0) is 0 Å². The van der Waals surface area contributed by atoms with E-state index in [0.29, 0.717) is 22.7 Å². The van der Waals surface area contributed by atoms with E-state index >= 15 is 0 Å². The Morgan fingerprint density at radius 1 is 1.67 bits per heavy atom. The minimum Gasteiger partial charge on any atom is -0.457 e. The summed E-state index contributed by atoms with van der Waals surface area (Å²) in [4.78, 5) is 11.6. The quantitative estimate of drug-likeness (QED) is 0.867. The maximum absolute atomic E-state index is 11.6. The van der Waals surface area contributed by atoms with Crippen molar-refractivity contribution in [2.24, 2.45) is 5.41 Å². The third-order valence-electron chi connectivity index (χ3n) is 1.95. The van der Waals surface area contributed by atoms with Gasteiger partial charge in [0.05, 0.1) is 11.8 Å². The van der Waals surface area contributed by atoms with Gasteiger partial charge < -0.3 is 9.73 Å². The van der Waals surface area contributed by atoms with E-state index in [1.54, 1.807) is 6.07 Å². The highest BCUT2D eigenvalue weighted by Gasteiger charge is 2.19. The van der Waals surface area contributed by atoms with Crippen LogP contribution in [0.3, 0.4) is 0 Å². The van der Waals surface area contributed by atoms with Crippen LogP contribution in [0.25, 0.3) is 0 Å². The van der Waals surface area contributed by atoms with Gasteiger partial charge in [-0.1, -0.05) is 13.8 Å². The van der Waals surface area contributed by atoms with E-state index in [1.165, 1.54) is 6.26 Å². The van der Waals surface area contributed by atoms with Crippen LogP contribution in [-0.4, -0.2) is 18.3 Å². The number of alkyl halides is 1. The van der Waals surface area contributed by atoms with Crippen LogP contribution in [0.2, 0.25) is 0 Å². The van der Waals surface area contributed by atoms with Gasteiger partial charge in [-0.2, -0.15) is 0 Å². The molecule has 0 aliphatic carbocycles. The summed E-state index contributed by atoms with van der Waals surface area (Å²) in [6, 6.07) is 1.62. The fraction of sp³-hybridized carbons (Fsp3) is 0.500. The number of nitrogens with one attached hydrogen (secondary N) is 1. The minimum absolute atomic E-state index is 0.104. The van der Waals surface area contributed by atoms with Gasteiger partial charge in [0.1, 0.15) is 0 Å². The van der Waals surface area contributed by atoms with Gasteiger partial charge in [0.15, 0.2) is 4.67 Å². The van der Waals surface area contributed by atoms with Crippen molar-refractivity contribution in [2.45, 2.75) is 13.8 Å². The molecule has 84 valence electrons. The topological polar surface area (TPSA) is 42.2 Å². The zero-order chi connectivity index (χ0) is 11.5. The van der Waals surface area contributed by atoms with E-state index in [9.17, 15) is 4.79 Å². The molecular weight excluding hydrogens is 281 g/mol. The fourth-order valence-electron chi connectivity index (χ4n) is 0.918. The minimum atomic E-state index is -0.159. The molecule has 1 aromatic heterocycles. The number of furan rings is 1. The Hall–Kier alpha value is -0.480. The molecule has 0 unspecified atom stereocenters. The second-order valence-electron chi connectivity index (χ2n) is 4.09. The first-order valence-electron chi connectivity index (χ1n) is 4.53. The smallest absolute Gasteiger partial charge is 0.255 e. The van der Waals surface area contributed by atoms with Crippen molar-refractivity contribution < 1.29 is 9.21 Å². The summed E-state index contributed by atoms with van der Waals surface area (Å²) in [5.41, 5.74) is 0.397. The number of rotatable bonds is 4. The summed E-state index contributed by atoms with van der Waals surface area (Å²) in [7, 11) is 0. The van der Waals surface area contributed by atoms with Crippen molar-refractivity contribution in [1.82, 2.24) is 5.32 Å². The lowest BCUT2D eigenvalue weighted by molar-refractivity contribution is 0.0938. The maximum atomic E-state index is 11.6. The van der Waals surface area contributed by atoms with Crippen LogP contribution in [0.4, 0.5) is 0 Å². The van der Waals surface area contributed by atoms with Gasteiger partial charge in [-0.3, -0.25) is 4.79 Å². The van der Waals surface area contributed by atoms with Crippen LogP contribution in [0.15, 0.2) is 21.4 Å². The molecule has 15 heavy (non-hydrogen) atoms. The van der Waals surface area contributed by atoms with Gasteiger partial charge in [-0.25, -0.2) is 0 Å². The molecule has 0 saturated carbocycles. The van der Waals surface area contributed by atoms with Gasteiger partial charge >= 0.3 is 0 Å². The highest BCUT2D eigenvalue weighted by molar-refractivity contribution is 9.10. The number of carbonyl (C=O) groups is 1. The molecule has 0 fully saturated rings. The van der Waals surface area contributed by atoms with E-state index in [4.69, 9.17) is 16.0 Å². The summed E-state index contributed by atoms with van der Waals surface area (Å²) < 4.78 is 5.42. The average molecular weight is 295 g/mol. The summed E-state index contributed by atoms with van der Waals surface area (Å²) in [5, 5.41) is 2.80. The number of carbonyl (C=O) groups excluding carboxylic acids is 1. The molecule has 0 atom stereocenters. The second kappa shape index (κ2) is 5.03. The van der Waals surface area contributed by atoms with Crippen molar-refractivity contribution in [3.8, 4) is 0 Å². The molecule has 1 heterocycles. The third-order valence-corrected chi connectivity index (χ3v) is 3.29.